The van der Waals surface area contributed by atoms with Crippen molar-refractivity contribution in [2.75, 3.05) is 5.32 Å². The fraction of sp³-hybridized carbons (Fsp3) is 0.538. The number of nitrogens with one attached hydrogen (secondary N) is 1. The summed E-state index contributed by atoms with van der Waals surface area (Å²) in [6, 6.07) is 1.88. The molecule has 1 aromatic rings. The number of anilines is 1. The standard InChI is InChI=1S/C13H12F4N2OS/c14-11(15)13(16,17)12(20)19-10-8(6-18)7-4-2-1-3-5-9(7)21-10/h11H,1-5H2,(H,19,20). The van der Waals surface area contributed by atoms with Crippen molar-refractivity contribution in [1.29, 1.82) is 5.26 Å². The number of rotatable bonds is 3. The van der Waals surface area contributed by atoms with Gasteiger partial charge < -0.3 is 5.32 Å². The van der Waals surface area contributed by atoms with Gasteiger partial charge in [0, 0.05) is 4.88 Å². The Morgan fingerprint density at radius 1 is 1.29 bits per heavy atom. The second kappa shape index (κ2) is 6.02. The predicted octanol–water partition coefficient (Wildman–Crippen LogP) is 3.73. The van der Waals surface area contributed by atoms with Crippen LogP contribution in [0.25, 0.3) is 0 Å². The Bertz CT molecular complexity index is 592. The van der Waals surface area contributed by atoms with Gasteiger partial charge in [-0.05, 0) is 31.2 Å². The molecular formula is C13H12F4N2OS. The number of thiophene rings is 1. The number of amides is 1. The molecule has 2 rings (SSSR count). The summed E-state index contributed by atoms with van der Waals surface area (Å²) in [7, 11) is 0. The first-order valence-electron chi connectivity index (χ1n) is 6.40. The van der Waals surface area contributed by atoms with Crippen LogP contribution in [0.3, 0.4) is 0 Å². The summed E-state index contributed by atoms with van der Waals surface area (Å²) >= 11 is 1.02. The van der Waals surface area contributed by atoms with E-state index in [9.17, 15) is 22.4 Å². The molecule has 0 unspecified atom stereocenters. The number of carbonyl (C=O) groups excluding carboxylic acids is 1. The van der Waals surface area contributed by atoms with E-state index in [1.54, 1.807) is 5.32 Å². The maximum Gasteiger partial charge on any atom is 0.383 e. The van der Waals surface area contributed by atoms with Crippen molar-refractivity contribution in [2.24, 2.45) is 0 Å². The summed E-state index contributed by atoms with van der Waals surface area (Å²) in [6.07, 6.45) is 0.0573. The molecule has 0 aliphatic heterocycles. The van der Waals surface area contributed by atoms with Gasteiger partial charge in [0.1, 0.15) is 11.1 Å². The molecule has 0 radical (unpaired) electrons. The number of hydrogen-bond donors (Lipinski definition) is 1. The van der Waals surface area contributed by atoms with Gasteiger partial charge in [-0.2, -0.15) is 14.0 Å². The van der Waals surface area contributed by atoms with Gasteiger partial charge in [-0.25, -0.2) is 8.78 Å². The largest absolute Gasteiger partial charge is 0.383 e. The monoisotopic (exact) mass is 320 g/mol. The average Bonchev–Trinajstić information content (AvgIpc) is 2.59. The van der Waals surface area contributed by atoms with Crippen LogP contribution in [0.1, 0.15) is 35.3 Å². The summed E-state index contributed by atoms with van der Waals surface area (Å²) in [6.45, 7) is 0. The Morgan fingerprint density at radius 2 is 1.95 bits per heavy atom. The lowest BCUT2D eigenvalue weighted by atomic mass is 10.1. The summed E-state index contributed by atoms with van der Waals surface area (Å²) in [5.74, 6) is -6.85. The van der Waals surface area contributed by atoms with Gasteiger partial charge in [0.25, 0.3) is 0 Å². The number of fused-ring (bicyclic) bond motifs is 1. The molecule has 0 atom stereocenters. The van der Waals surface area contributed by atoms with Crippen molar-refractivity contribution >= 4 is 22.2 Å². The second-order valence-electron chi connectivity index (χ2n) is 4.76. The summed E-state index contributed by atoms with van der Waals surface area (Å²) in [5, 5.41) is 10.9. The number of alkyl halides is 4. The maximum atomic E-state index is 13.0. The van der Waals surface area contributed by atoms with Crippen molar-refractivity contribution in [2.45, 2.75) is 44.5 Å². The lowest BCUT2D eigenvalue weighted by molar-refractivity contribution is -0.163. The third-order valence-electron chi connectivity index (χ3n) is 3.34. The summed E-state index contributed by atoms with van der Waals surface area (Å²) < 4.78 is 50.3. The molecule has 3 nitrogen and oxygen atoms in total. The molecule has 0 saturated heterocycles. The molecule has 21 heavy (non-hydrogen) atoms. The number of nitrogens with zero attached hydrogens (tertiary/aromatic N) is 1. The normalized spacial score (nSPS) is 15.2. The van der Waals surface area contributed by atoms with Gasteiger partial charge >= 0.3 is 18.3 Å². The minimum atomic E-state index is -4.77. The van der Waals surface area contributed by atoms with Crippen LogP contribution < -0.4 is 5.32 Å². The minimum Gasteiger partial charge on any atom is -0.311 e. The average molecular weight is 320 g/mol. The van der Waals surface area contributed by atoms with Crippen LogP contribution in [0, 0.1) is 11.3 Å². The van der Waals surface area contributed by atoms with Gasteiger partial charge in [0.2, 0.25) is 0 Å². The van der Waals surface area contributed by atoms with Crippen LogP contribution in [0.2, 0.25) is 0 Å². The fourth-order valence-corrected chi connectivity index (χ4v) is 3.47. The van der Waals surface area contributed by atoms with Crippen molar-refractivity contribution in [1.82, 2.24) is 0 Å². The van der Waals surface area contributed by atoms with Crippen LogP contribution >= 0.6 is 11.3 Å². The number of halogens is 4. The number of carbonyl (C=O) groups is 1. The molecule has 1 N–H and O–H groups in total. The Kier molecular flexibility index (Phi) is 4.52. The molecule has 114 valence electrons. The van der Waals surface area contributed by atoms with Gasteiger partial charge in [-0.15, -0.1) is 11.3 Å². The Morgan fingerprint density at radius 3 is 2.57 bits per heavy atom. The van der Waals surface area contributed by atoms with Crippen molar-refractivity contribution < 1.29 is 22.4 Å². The molecular weight excluding hydrogens is 308 g/mol. The molecule has 1 amide bonds. The molecule has 1 aliphatic carbocycles. The SMILES string of the molecule is N#Cc1c(NC(=O)C(F)(F)C(F)F)sc2c1CCCCC2. The Balaban J connectivity index is 2.30. The van der Waals surface area contributed by atoms with E-state index >= 15 is 0 Å². The van der Waals surface area contributed by atoms with E-state index in [1.807, 2.05) is 6.07 Å². The van der Waals surface area contributed by atoms with Crippen LogP contribution in [0.5, 0.6) is 0 Å². The third-order valence-corrected chi connectivity index (χ3v) is 4.54. The topological polar surface area (TPSA) is 52.9 Å². The molecule has 1 aliphatic rings. The zero-order valence-electron chi connectivity index (χ0n) is 10.9. The number of aryl methyl sites for hydroxylation is 1. The lowest BCUT2D eigenvalue weighted by Gasteiger charge is -2.14. The van der Waals surface area contributed by atoms with Crippen LogP contribution in [-0.4, -0.2) is 18.3 Å². The van der Waals surface area contributed by atoms with E-state index in [1.165, 1.54) is 0 Å². The molecule has 0 fully saturated rings. The lowest BCUT2D eigenvalue weighted by Crippen LogP contribution is -2.40. The molecule has 0 aromatic carbocycles. The molecule has 8 heteroatoms. The number of nitriles is 1. The van der Waals surface area contributed by atoms with Gasteiger partial charge in [0.05, 0.1) is 5.56 Å². The van der Waals surface area contributed by atoms with Gasteiger partial charge in [0.15, 0.2) is 0 Å². The zero-order chi connectivity index (χ0) is 15.6. The third kappa shape index (κ3) is 3.02. The predicted molar refractivity (Wildman–Crippen MR) is 69.9 cm³/mol. The van der Waals surface area contributed by atoms with E-state index in [-0.39, 0.29) is 10.6 Å². The van der Waals surface area contributed by atoms with Crippen molar-refractivity contribution in [3.05, 3.63) is 16.0 Å². The van der Waals surface area contributed by atoms with E-state index < -0.39 is 18.3 Å². The van der Waals surface area contributed by atoms with Gasteiger partial charge in [-0.1, -0.05) is 6.42 Å². The quantitative estimate of drug-likeness (QED) is 0.681. The first-order chi connectivity index (χ1) is 9.87. The summed E-state index contributed by atoms with van der Waals surface area (Å²) in [5.41, 5.74) is 0.867. The fourth-order valence-electron chi connectivity index (χ4n) is 2.23. The Hall–Kier alpha value is -1.62. The summed E-state index contributed by atoms with van der Waals surface area (Å²) in [4.78, 5) is 12.1. The minimum absolute atomic E-state index is 0.0604. The highest BCUT2D eigenvalue weighted by molar-refractivity contribution is 7.16. The van der Waals surface area contributed by atoms with Crippen LogP contribution in [0.15, 0.2) is 0 Å². The number of hydrogen-bond acceptors (Lipinski definition) is 3. The van der Waals surface area contributed by atoms with E-state index in [0.717, 1.165) is 41.0 Å². The second-order valence-corrected chi connectivity index (χ2v) is 5.86. The smallest absolute Gasteiger partial charge is 0.311 e. The first kappa shape index (κ1) is 15.8. The highest BCUT2D eigenvalue weighted by Gasteiger charge is 2.49. The first-order valence-corrected chi connectivity index (χ1v) is 7.21. The molecule has 0 bridgehead atoms. The van der Waals surface area contributed by atoms with Crippen molar-refractivity contribution in [3.8, 4) is 6.07 Å². The molecule has 0 spiro atoms. The zero-order valence-corrected chi connectivity index (χ0v) is 11.7. The van der Waals surface area contributed by atoms with Gasteiger partial charge in [-0.3, -0.25) is 4.79 Å². The molecule has 1 heterocycles. The van der Waals surface area contributed by atoms with Crippen LogP contribution in [0.4, 0.5) is 22.6 Å². The van der Waals surface area contributed by atoms with E-state index in [4.69, 9.17) is 5.26 Å². The molecule has 1 aromatic heterocycles. The Labute approximate surface area is 122 Å². The maximum absolute atomic E-state index is 13.0. The highest BCUT2D eigenvalue weighted by Crippen LogP contribution is 2.38. The van der Waals surface area contributed by atoms with Crippen molar-refractivity contribution in [3.63, 3.8) is 0 Å². The highest BCUT2D eigenvalue weighted by atomic mass is 32.1. The van der Waals surface area contributed by atoms with Crippen LogP contribution in [-0.2, 0) is 17.6 Å². The molecule has 0 saturated carbocycles. The van der Waals surface area contributed by atoms with E-state index in [2.05, 4.69) is 0 Å². The van der Waals surface area contributed by atoms with E-state index in [0.29, 0.717) is 12.8 Å².